The molecule has 0 spiro atoms. The number of fused-ring (bicyclic) bond motifs is 1. The van der Waals surface area contributed by atoms with Gasteiger partial charge in [0.15, 0.2) is 0 Å². The van der Waals surface area contributed by atoms with Gasteiger partial charge in [-0.1, -0.05) is 40.9 Å². The summed E-state index contributed by atoms with van der Waals surface area (Å²) in [5.41, 5.74) is 2.68. The predicted molar refractivity (Wildman–Crippen MR) is 113 cm³/mol. The van der Waals surface area contributed by atoms with E-state index in [0.29, 0.717) is 43.4 Å². The number of amides is 1. The second-order valence-electron chi connectivity index (χ2n) is 5.91. The van der Waals surface area contributed by atoms with E-state index in [2.05, 4.69) is 15.3 Å². The van der Waals surface area contributed by atoms with Crippen LogP contribution < -0.4 is 10.1 Å². The van der Waals surface area contributed by atoms with Crippen molar-refractivity contribution in [1.29, 1.82) is 0 Å². The number of hydrogen-bond acceptors (Lipinski definition) is 3. The average Bonchev–Trinajstić information content (AvgIpc) is 3.04. The zero-order chi connectivity index (χ0) is 19.7. The highest BCUT2D eigenvalue weighted by atomic mass is 35.5. The number of H-pyrrole nitrogens is 1. The molecule has 2 N–H and O–H groups in total. The number of halogens is 3. The fourth-order valence-corrected chi connectivity index (χ4v) is 3.37. The smallest absolute Gasteiger partial charge is 0.410 e. The fraction of sp³-hybridized carbons (Fsp3) is 0. The Hall–Kier alpha value is -2.73. The molecule has 8 heteroatoms. The Morgan fingerprint density at radius 2 is 1.79 bits per heavy atom. The second-order valence-corrected chi connectivity index (χ2v) is 7.19. The molecule has 3 aromatic carbocycles. The van der Waals surface area contributed by atoms with Crippen LogP contribution in [0.4, 0.5) is 10.5 Å². The van der Waals surface area contributed by atoms with Gasteiger partial charge in [-0.2, -0.15) is 0 Å². The Bertz CT molecular complexity index is 1190. The van der Waals surface area contributed by atoms with Gasteiger partial charge in [0.25, 0.3) is 0 Å². The fourth-order valence-electron chi connectivity index (χ4n) is 2.68. The molecule has 140 valence electrons. The van der Waals surface area contributed by atoms with Crippen LogP contribution >= 0.6 is 34.8 Å². The third-order valence-electron chi connectivity index (χ3n) is 3.92. The number of anilines is 1. The highest BCUT2D eigenvalue weighted by Gasteiger charge is 2.12. The first-order chi connectivity index (χ1) is 13.5. The van der Waals surface area contributed by atoms with Gasteiger partial charge in [-0.25, -0.2) is 9.78 Å². The maximum absolute atomic E-state index is 12.1. The number of rotatable bonds is 3. The minimum atomic E-state index is -0.623. The topological polar surface area (TPSA) is 67.0 Å². The van der Waals surface area contributed by atoms with Crippen molar-refractivity contribution in [1.82, 2.24) is 9.97 Å². The number of aromatic amines is 1. The zero-order valence-electron chi connectivity index (χ0n) is 14.2. The quantitative estimate of drug-likeness (QED) is 0.374. The molecule has 0 radical (unpaired) electrons. The molecule has 4 aromatic rings. The molecule has 0 fully saturated rings. The van der Waals surface area contributed by atoms with Gasteiger partial charge in [0.1, 0.15) is 11.6 Å². The summed E-state index contributed by atoms with van der Waals surface area (Å²) < 4.78 is 5.34. The first-order valence-electron chi connectivity index (χ1n) is 8.17. The molecular formula is C20H12Cl3N3O2. The first kappa shape index (κ1) is 18.6. The molecule has 1 amide bonds. The van der Waals surface area contributed by atoms with Crippen molar-refractivity contribution in [2.45, 2.75) is 0 Å². The lowest BCUT2D eigenvalue weighted by Crippen LogP contribution is -2.16. The van der Waals surface area contributed by atoms with Crippen LogP contribution in [-0.2, 0) is 0 Å². The SMILES string of the molecule is O=C(Nc1cccc(Cl)c1)Oc1ccc2nc(-c3ccc(Cl)cc3Cl)[nH]c2c1. The van der Waals surface area contributed by atoms with E-state index in [1.54, 1.807) is 60.7 Å². The van der Waals surface area contributed by atoms with E-state index >= 15 is 0 Å². The number of hydrogen-bond donors (Lipinski definition) is 2. The molecule has 1 aromatic heterocycles. The number of aromatic nitrogens is 2. The molecule has 0 aliphatic rings. The van der Waals surface area contributed by atoms with Gasteiger partial charge in [0, 0.05) is 27.4 Å². The van der Waals surface area contributed by atoms with Crippen LogP contribution in [0, 0.1) is 0 Å². The van der Waals surface area contributed by atoms with E-state index in [-0.39, 0.29) is 0 Å². The average molecular weight is 433 g/mol. The van der Waals surface area contributed by atoms with Crippen molar-refractivity contribution < 1.29 is 9.53 Å². The summed E-state index contributed by atoms with van der Waals surface area (Å²) in [6.45, 7) is 0. The van der Waals surface area contributed by atoms with E-state index < -0.39 is 6.09 Å². The molecule has 0 bridgehead atoms. The lowest BCUT2D eigenvalue weighted by molar-refractivity contribution is 0.215. The van der Waals surface area contributed by atoms with Crippen molar-refractivity contribution in [2.75, 3.05) is 5.32 Å². The predicted octanol–water partition coefficient (Wildman–Crippen LogP) is 6.80. The van der Waals surface area contributed by atoms with Gasteiger partial charge < -0.3 is 9.72 Å². The van der Waals surface area contributed by atoms with Crippen molar-refractivity contribution >= 4 is 57.6 Å². The van der Waals surface area contributed by atoms with Gasteiger partial charge in [0.05, 0.1) is 16.1 Å². The van der Waals surface area contributed by atoms with Crippen LogP contribution in [0.2, 0.25) is 15.1 Å². The Kier molecular flexibility index (Phi) is 5.13. The van der Waals surface area contributed by atoms with E-state index in [0.717, 1.165) is 5.56 Å². The summed E-state index contributed by atoms with van der Waals surface area (Å²) in [7, 11) is 0. The van der Waals surface area contributed by atoms with Crippen LogP contribution in [0.15, 0.2) is 60.7 Å². The monoisotopic (exact) mass is 431 g/mol. The zero-order valence-corrected chi connectivity index (χ0v) is 16.4. The highest BCUT2D eigenvalue weighted by molar-refractivity contribution is 6.36. The van der Waals surface area contributed by atoms with Crippen LogP contribution in [0.5, 0.6) is 5.75 Å². The highest BCUT2D eigenvalue weighted by Crippen LogP contribution is 2.30. The minimum absolute atomic E-state index is 0.365. The summed E-state index contributed by atoms with van der Waals surface area (Å²) in [4.78, 5) is 19.8. The lowest BCUT2D eigenvalue weighted by atomic mass is 10.2. The Balaban J connectivity index is 1.55. The molecule has 5 nitrogen and oxygen atoms in total. The summed E-state index contributed by atoms with van der Waals surface area (Å²) in [5.74, 6) is 0.960. The maximum atomic E-state index is 12.1. The van der Waals surface area contributed by atoms with Crippen molar-refractivity contribution in [3.05, 3.63) is 75.7 Å². The molecule has 28 heavy (non-hydrogen) atoms. The number of nitrogens with one attached hydrogen (secondary N) is 2. The molecule has 4 rings (SSSR count). The van der Waals surface area contributed by atoms with Crippen LogP contribution in [0.3, 0.4) is 0 Å². The number of carbonyl (C=O) groups excluding carboxylic acids is 1. The van der Waals surface area contributed by atoms with E-state index in [1.807, 2.05) is 0 Å². The lowest BCUT2D eigenvalue weighted by Gasteiger charge is -2.06. The number of imidazole rings is 1. The minimum Gasteiger partial charge on any atom is -0.410 e. The maximum Gasteiger partial charge on any atom is 0.417 e. The normalized spacial score (nSPS) is 10.8. The van der Waals surface area contributed by atoms with Crippen LogP contribution in [0.1, 0.15) is 0 Å². The third kappa shape index (κ3) is 4.07. The Morgan fingerprint density at radius 1 is 0.964 bits per heavy atom. The van der Waals surface area contributed by atoms with Gasteiger partial charge in [-0.3, -0.25) is 5.32 Å². The third-order valence-corrected chi connectivity index (χ3v) is 4.70. The number of carbonyl (C=O) groups is 1. The van der Waals surface area contributed by atoms with Crippen molar-refractivity contribution in [3.8, 4) is 17.1 Å². The number of ether oxygens (including phenoxy) is 1. The Labute approximate surface area is 175 Å². The van der Waals surface area contributed by atoms with Crippen LogP contribution in [0.25, 0.3) is 22.4 Å². The van der Waals surface area contributed by atoms with Gasteiger partial charge in [-0.15, -0.1) is 0 Å². The van der Waals surface area contributed by atoms with E-state index in [4.69, 9.17) is 39.5 Å². The summed E-state index contributed by atoms with van der Waals surface area (Å²) in [6, 6.07) is 17.1. The van der Waals surface area contributed by atoms with Gasteiger partial charge in [-0.05, 0) is 48.5 Å². The first-order valence-corrected chi connectivity index (χ1v) is 9.31. The number of benzene rings is 3. The standard InChI is InChI=1S/C20H12Cl3N3O2/c21-11-2-1-3-13(8-11)24-20(27)28-14-5-7-17-18(10-14)26-19(25-17)15-6-4-12(22)9-16(15)23/h1-10H,(H,24,27)(H,25,26). The molecule has 0 aliphatic heterocycles. The molecule has 0 saturated carbocycles. The summed E-state index contributed by atoms with van der Waals surface area (Å²) >= 11 is 18.1. The van der Waals surface area contributed by atoms with Crippen LogP contribution in [-0.4, -0.2) is 16.1 Å². The number of nitrogens with zero attached hydrogens (tertiary/aromatic N) is 1. The molecule has 0 aliphatic carbocycles. The molecule has 0 saturated heterocycles. The molecule has 1 heterocycles. The van der Waals surface area contributed by atoms with Crippen molar-refractivity contribution in [2.24, 2.45) is 0 Å². The van der Waals surface area contributed by atoms with Crippen molar-refractivity contribution in [3.63, 3.8) is 0 Å². The Morgan fingerprint density at radius 3 is 2.57 bits per heavy atom. The largest absolute Gasteiger partial charge is 0.417 e. The van der Waals surface area contributed by atoms with Gasteiger partial charge in [0.2, 0.25) is 0 Å². The summed E-state index contributed by atoms with van der Waals surface area (Å²) in [5, 5.41) is 4.18. The summed E-state index contributed by atoms with van der Waals surface area (Å²) in [6.07, 6.45) is -0.623. The molecule has 0 unspecified atom stereocenters. The van der Waals surface area contributed by atoms with Gasteiger partial charge >= 0.3 is 6.09 Å². The van der Waals surface area contributed by atoms with E-state index in [9.17, 15) is 4.79 Å². The second kappa shape index (κ2) is 7.72. The molecular weight excluding hydrogens is 421 g/mol. The molecule has 0 atom stereocenters. The van der Waals surface area contributed by atoms with E-state index in [1.165, 1.54) is 0 Å².